The standard InChI is InChI=1S/C20H18N4O6/c1-30-15-8-7-11(9-14(15)24(28)29)16-13(10-21)20(27,12-5-3-2-4-6-12)23-19(26)17(16)18(22)25/h2-9,13,16-17,27H,1H3,(H2,22,25)(H,23,26). The molecule has 1 aliphatic rings. The van der Waals surface area contributed by atoms with Crippen LogP contribution < -0.4 is 15.8 Å². The number of piperidine rings is 1. The van der Waals surface area contributed by atoms with E-state index in [0.717, 1.165) is 6.07 Å². The fourth-order valence-corrected chi connectivity index (χ4v) is 3.82. The Labute approximate surface area is 171 Å². The van der Waals surface area contributed by atoms with Gasteiger partial charge in [0.15, 0.2) is 11.5 Å². The van der Waals surface area contributed by atoms with Crippen LogP contribution in [0.25, 0.3) is 0 Å². The number of primary amides is 1. The normalized spacial score (nSPS) is 25.6. The number of hydrogen-bond donors (Lipinski definition) is 3. The molecule has 4 atom stereocenters. The molecule has 2 amide bonds. The van der Waals surface area contributed by atoms with Crippen LogP contribution in [0, 0.1) is 33.3 Å². The highest BCUT2D eigenvalue weighted by Gasteiger charge is 2.56. The molecule has 154 valence electrons. The second kappa shape index (κ2) is 7.81. The Morgan fingerprint density at radius 2 is 2.00 bits per heavy atom. The molecule has 4 unspecified atom stereocenters. The van der Waals surface area contributed by atoms with Crippen molar-refractivity contribution in [1.29, 1.82) is 5.26 Å². The molecule has 0 saturated carbocycles. The predicted molar refractivity (Wildman–Crippen MR) is 103 cm³/mol. The van der Waals surface area contributed by atoms with Crippen LogP contribution in [0.3, 0.4) is 0 Å². The number of carbonyl (C=O) groups is 2. The van der Waals surface area contributed by atoms with E-state index in [1.807, 2.05) is 6.07 Å². The molecule has 0 radical (unpaired) electrons. The molecule has 0 aliphatic carbocycles. The quantitative estimate of drug-likeness (QED) is 0.374. The van der Waals surface area contributed by atoms with Crippen LogP contribution in [-0.2, 0) is 15.3 Å². The minimum Gasteiger partial charge on any atom is -0.490 e. The van der Waals surface area contributed by atoms with Gasteiger partial charge in [-0.3, -0.25) is 19.7 Å². The lowest BCUT2D eigenvalue weighted by molar-refractivity contribution is -0.385. The van der Waals surface area contributed by atoms with Crippen molar-refractivity contribution in [1.82, 2.24) is 5.32 Å². The Morgan fingerprint density at radius 1 is 1.33 bits per heavy atom. The lowest BCUT2D eigenvalue weighted by Gasteiger charge is -2.44. The first kappa shape index (κ1) is 20.8. The van der Waals surface area contributed by atoms with E-state index in [9.17, 15) is 30.1 Å². The molecule has 3 rings (SSSR count). The molecule has 1 saturated heterocycles. The van der Waals surface area contributed by atoms with Gasteiger partial charge in [-0.1, -0.05) is 36.4 Å². The van der Waals surface area contributed by atoms with E-state index in [2.05, 4.69) is 5.32 Å². The van der Waals surface area contributed by atoms with Gasteiger partial charge in [0.2, 0.25) is 11.8 Å². The second-order valence-corrected chi connectivity index (χ2v) is 6.82. The average Bonchev–Trinajstić information content (AvgIpc) is 2.73. The van der Waals surface area contributed by atoms with Crippen LogP contribution in [0.4, 0.5) is 5.69 Å². The summed E-state index contributed by atoms with van der Waals surface area (Å²) in [6.07, 6.45) is 0. The first-order chi connectivity index (χ1) is 14.2. The van der Waals surface area contributed by atoms with Gasteiger partial charge in [0.25, 0.3) is 0 Å². The number of carbonyl (C=O) groups excluding carboxylic acids is 2. The lowest BCUT2D eigenvalue weighted by atomic mass is 9.67. The zero-order valence-electron chi connectivity index (χ0n) is 15.8. The zero-order valence-corrected chi connectivity index (χ0v) is 15.8. The number of aliphatic hydroxyl groups is 1. The summed E-state index contributed by atoms with van der Waals surface area (Å²) in [6, 6.07) is 13.7. The topological polar surface area (TPSA) is 169 Å². The van der Waals surface area contributed by atoms with Crippen LogP contribution in [0.5, 0.6) is 5.75 Å². The number of nitriles is 1. The summed E-state index contributed by atoms with van der Waals surface area (Å²) in [5, 5.41) is 35.0. The van der Waals surface area contributed by atoms with Crippen LogP contribution in [0.2, 0.25) is 0 Å². The van der Waals surface area contributed by atoms with Gasteiger partial charge in [0, 0.05) is 17.5 Å². The monoisotopic (exact) mass is 410 g/mol. The van der Waals surface area contributed by atoms with Crippen LogP contribution in [0.1, 0.15) is 17.0 Å². The number of methoxy groups -OCH3 is 1. The van der Waals surface area contributed by atoms with Gasteiger partial charge in [-0.25, -0.2) is 0 Å². The number of ether oxygens (including phenoxy) is 1. The van der Waals surface area contributed by atoms with Crippen molar-refractivity contribution >= 4 is 17.5 Å². The second-order valence-electron chi connectivity index (χ2n) is 6.82. The van der Waals surface area contributed by atoms with Gasteiger partial charge >= 0.3 is 5.69 Å². The van der Waals surface area contributed by atoms with Crippen molar-refractivity contribution in [2.24, 2.45) is 17.6 Å². The Bertz CT molecular complexity index is 1050. The molecule has 0 aromatic heterocycles. The van der Waals surface area contributed by atoms with Gasteiger partial charge in [0.05, 0.1) is 18.1 Å². The van der Waals surface area contributed by atoms with E-state index in [-0.39, 0.29) is 16.9 Å². The largest absolute Gasteiger partial charge is 0.490 e. The molecule has 2 aromatic rings. The Morgan fingerprint density at radius 3 is 2.53 bits per heavy atom. The van der Waals surface area contributed by atoms with Crippen molar-refractivity contribution < 1.29 is 24.4 Å². The third-order valence-corrected chi connectivity index (χ3v) is 5.21. The highest BCUT2D eigenvalue weighted by molar-refractivity contribution is 6.01. The Balaban J connectivity index is 2.23. The molecule has 10 nitrogen and oxygen atoms in total. The number of hydrogen-bond acceptors (Lipinski definition) is 7. The van der Waals surface area contributed by atoms with E-state index >= 15 is 0 Å². The van der Waals surface area contributed by atoms with Gasteiger partial charge in [-0.15, -0.1) is 0 Å². The zero-order chi connectivity index (χ0) is 22.1. The Kier molecular flexibility index (Phi) is 5.40. The van der Waals surface area contributed by atoms with Crippen molar-refractivity contribution in [3.63, 3.8) is 0 Å². The number of nitrogens with two attached hydrogens (primary N) is 1. The first-order valence-electron chi connectivity index (χ1n) is 8.85. The summed E-state index contributed by atoms with van der Waals surface area (Å²) < 4.78 is 4.98. The molecular weight excluding hydrogens is 392 g/mol. The van der Waals surface area contributed by atoms with Crippen LogP contribution >= 0.6 is 0 Å². The van der Waals surface area contributed by atoms with Gasteiger partial charge in [0.1, 0.15) is 11.8 Å². The highest BCUT2D eigenvalue weighted by atomic mass is 16.6. The first-order valence-corrected chi connectivity index (χ1v) is 8.85. The van der Waals surface area contributed by atoms with E-state index in [0.29, 0.717) is 0 Å². The van der Waals surface area contributed by atoms with Crippen molar-refractivity contribution in [2.75, 3.05) is 7.11 Å². The van der Waals surface area contributed by atoms with Crippen molar-refractivity contribution in [3.05, 3.63) is 69.8 Å². The van der Waals surface area contributed by atoms with E-state index < -0.39 is 45.9 Å². The molecule has 2 aromatic carbocycles. The fourth-order valence-electron chi connectivity index (χ4n) is 3.82. The fraction of sp³-hybridized carbons (Fsp3) is 0.250. The van der Waals surface area contributed by atoms with Crippen molar-refractivity contribution in [3.8, 4) is 11.8 Å². The molecule has 1 aliphatic heterocycles. The molecule has 0 bridgehead atoms. The SMILES string of the molecule is COc1ccc(C2C(C(N)=O)C(=O)NC(O)(c3ccccc3)C2C#N)cc1[N+](=O)[O-]. The number of nitro benzene ring substituents is 1. The van der Waals surface area contributed by atoms with Crippen LogP contribution in [-0.4, -0.2) is 29.0 Å². The molecular formula is C20H18N4O6. The molecule has 4 N–H and O–H groups in total. The third-order valence-electron chi connectivity index (χ3n) is 5.21. The van der Waals surface area contributed by atoms with E-state index in [1.54, 1.807) is 18.2 Å². The maximum atomic E-state index is 12.8. The number of benzene rings is 2. The summed E-state index contributed by atoms with van der Waals surface area (Å²) >= 11 is 0. The van der Waals surface area contributed by atoms with Gasteiger partial charge < -0.3 is 20.9 Å². The van der Waals surface area contributed by atoms with Crippen LogP contribution in [0.15, 0.2) is 48.5 Å². The maximum absolute atomic E-state index is 12.8. The summed E-state index contributed by atoms with van der Waals surface area (Å²) in [7, 11) is 1.26. The predicted octanol–water partition coefficient (Wildman–Crippen LogP) is 0.903. The number of amides is 2. The minimum absolute atomic E-state index is 0.0357. The molecule has 10 heteroatoms. The summed E-state index contributed by atoms with van der Waals surface area (Å²) in [5.41, 5.74) is 3.23. The summed E-state index contributed by atoms with van der Waals surface area (Å²) in [5.74, 6) is -6.08. The maximum Gasteiger partial charge on any atom is 0.311 e. The highest BCUT2D eigenvalue weighted by Crippen LogP contribution is 2.46. The van der Waals surface area contributed by atoms with E-state index in [1.165, 1.54) is 31.4 Å². The molecule has 1 heterocycles. The minimum atomic E-state index is -2.14. The number of nitrogens with zero attached hydrogens (tertiary/aromatic N) is 2. The lowest BCUT2D eigenvalue weighted by Crippen LogP contribution is -2.62. The van der Waals surface area contributed by atoms with Gasteiger partial charge in [-0.05, 0) is 11.6 Å². The molecule has 1 fully saturated rings. The summed E-state index contributed by atoms with van der Waals surface area (Å²) in [6.45, 7) is 0. The molecule has 30 heavy (non-hydrogen) atoms. The number of nitro groups is 1. The average molecular weight is 410 g/mol. The summed E-state index contributed by atoms with van der Waals surface area (Å²) in [4.78, 5) is 35.6. The van der Waals surface area contributed by atoms with Gasteiger partial charge in [-0.2, -0.15) is 5.26 Å². The van der Waals surface area contributed by atoms with Crippen molar-refractivity contribution in [2.45, 2.75) is 11.6 Å². The third kappa shape index (κ3) is 3.31. The number of rotatable bonds is 5. The molecule has 0 spiro atoms. The smallest absolute Gasteiger partial charge is 0.311 e. The Hall–Kier alpha value is -3.97. The number of nitrogens with one attached hydrogen (secondary N) is 1. The van der Waals surface area contributed by atoms with E-state index in [4.69, 9.17) is 10.5 Å².